The number of rotatable bonds is 11. The van der Waals surface area contributed by atoms with E-state index < -0.39 is 0 Å². The minimum Gasteiger partial charge on any atom is -0.508 e. The highest BCUT2D eigenvalue weighted by Crippen LogP contribution is 2.26. The average molecular weight is 416 g/mol. The van der Waals surface area contributed by atoms with Crippen LogP contribution in [0.3, 0.4) is 0 Å². The monoisotopic (exact) mass is 416 g/mol. The van der Waals surface area contributed by atoms with E-state index in [1.54, 1.807) is 0 Å². The number of hydrogen-bond acceptors (Lipinski definition) is 8. The van der Waals surface area contributed by atoms with Crippen molar-refractivity contribution in [3.8, 4) is 23.0 Å². The lowest BCUT2D eigenvalue weighted by molar-refractivity contribution is 0.317. The van der Waals surface area contributed by atoms with E-state index in [0.717, 1.165) is 38.5 Å². The average Bonchev–Trinajstić information content (AvgIpc) is 2.71. The Balaban J connectivity index is 1.67. The van der Waals surface area contributed by atoms with E-state index in [2.05, 4.69) is 10.3 Å². The summed E-state index contributed by atoms with van der Waals surface area (Å²) in [6.07, 6.45) is 6.43. The molecule has 0 amide bonds. The van der Waals surface area contributed by atoms with Gasteiger partial charge in [0.25, 0.3) is 0 Å². The predicted octanol–water partition coefficient (Wildman–Crippen LogP) is 4.69. The number of phenols is 4. The van der Waals surface area contributed by atoms with Gasteiger partial charge in [0.2, 0.25) is 0 Å². The normalized spacial score (nSPS) is 12.3. The zero-order valence-corrected chi connectivity index (χ0v) is 16.7. The molecule has 0 spiro atoms. The lowest BCUT2D eigenvalue weighted by atomic mass is 10.00. The molecule has 0 fully saturated rings. The van der Waals surface area contributed by atoms with Gasteiger partial charge < -0.3 is 30.8 Å². The van der Waals surface area contributed by atoms with Gasteiger partial charge in [-0.3, -0.25) is 0 Å². The fourth-order valence-electron chi connectivity index (χ4n) is 3.30. The molecule has 0 aliphatic rings. The lowest BCUT2D eigenvalue weighted by Gasteiger charge is -2.08. The number of oxime groups is 2. The first-order chi connectivity index (χ1) is 14.5. The molecule has 6 N–H and O–H groups in total. The van der Waals surface area contributed by atoms with E-state index in [4.69, 9.17) is 0 Å². The molecule has 0 heterocycles. The fourth-order valence-corrected chi connectivity index (χ4v) is 3.30. The van der Waals surface area contributed by atoms with Gasteiger partial charge in [0.05, 0.1) is 11.4 Å². The molecular weight excluding hydrogens is 388 g/mol. The Morgan fingerprint density at radius 2 is 0.933 bits per heavy atom. The van der Waals surface area contributed by atoms with E-state index in [-0.39, 0.29) is 23.0 Å². The van der Waals surface area contributed by atoms with Gasteiger partial charge in [0, 0.05) is 23.3 Å². The van der Waals surface area contributed by atoms with Gasteiger partial charge in [-0.15, -0.1) is 0 Å². The topological polar surface area (TPSA) is 146 Å². The van der Waals surface area contributed by atoms with Crippen molar-refractivity contribution in [2.24, 2.45) is 10.3 Å². The number of aromatic hydroxyl groups is 4. The van der Waals surface area contributed by atoms with Crippen molar-refractivity contribution in [2.75, 3.05) is 0 Å². The summed E-state index contributed by atoms with van der Waals surface area (Å²) in [5.41, 5.74) is 1.57. The third-order valence-electron chi connectivity index (χ3n) is 4.90. The first-order valence-electron chi connectivity index (χ1n) is 9.92. The fraction of sp³-hybridized carbons (Fsp3) is 0.364. The number of nitrogens with zero attached hydrogens (tertiary/aromatic N) is 2. The molecular formula is C22H28N2O6. The molecule has 0 saturated heterocycles. The molecule has 2 aromatic rings. The van der Waals surface area contributed by atoms with Crippen LogP contribution in [0.15, 0.2) is 46.7 Å². The maximum Gasteiger partial charge on any atom is 0.128 e. The minimum atomic E-state index is -0.121. The van der Waals surface area contributed by atoms with Crippen LogP contribution < -0.4 is 0 Å². The maximum atomic E-state index is 9.86. The quantitative estimate of drug-likeness (QED) is 0.136. The molecule has 0 aliphatic carbocycles. The Hall–Kier alpha value is -3.42. The highest BCUT2D eigenvalue weighted by molar-refractivity contribution is 6.03. The van der Waals surface area contributed by atoms with Gasteiger partial charge >= 0.3 is 0 Å². The van der Waals surface area contributed by atoms with E-state index in [1.165, 1.54) is 36.4 Å². The van der Waals surface area contributed by atoms with Gasteiger partial charge in [-0.05, 0) is 49.9 Å². The number of unbranched alkanes of at least 4 members (excludes halogenated alkanes) is 5. The van der Waals surface area contributed by atoms with Gasteiger partial charge in [0.15, 0.2) is 0 Å². The molecule has 30 heavy (non-hydrogen) atoms. The third kappa shape index (κ3) is 6.58. The summed E-state index contributed by atoms with van der Waals surface area (Å²) in [5.74, 6) is -0.347. The minimum absolute atomic E-state index is 0.0523. The highest BCUT2D eigenvalue weighted by atomic mass is 16.4. The van der Waals surface area contributed by atoms with E-state index >= 15 is 0 Å². The van der Waals surface area contributed by atoms with Crippen molar-refractivity contribution in [1.29, 1.82) is 0 Å². The highest BCUT2D eigenvalue weighted by Gasteiger charge is 2.12. The Morgan fingerprint density at radius 1 is 0.567 bits per heavy atom. The Bertz CT molecular complexity index is 822. The summed E-state index contributed by atoms with van der Waals surface area (Å²) in [4.78, 5) is 0. The van der Waals surface area contributed by atoms with Crippen LogP contribution >= 0.6 is 0 Å². The van der Waals surface area contributed by atoms with Crippen LogP contribution in [-0.4, -0.2) is 42.3 Å². The smallest absolute Gasteiger partial charge is 0.128 e. The first-order valence-corrected chi connectivity index (χ1v) is 9.92. The Labute approximate surface area is 175 Å². The van der Waals surface area contributed by atoms with Gasteiger partial charge in [-0.1, -0.05) is 36.0 Å². The number of phenolic OH excluding ortho intramolecular Hbond substituents is 4. The molecule has 162 valence electrons. The van der Waals surface area contributed by atoms with E-state index in [9.17, 15) is 30.8 Å². The van der Waals surface area contributed by atoms with Crippen LogP contribution in [0.25, 0.3) is 0 Å². The standard InChI is InChI=1S/C22H28N2O6/c25-15-9-11-17(21(27)13-15)19(23-29)7-5-3-1-2-4-6-8-20(24-30)18-12-10-16(26)14-22(18)28/h9-14,25-30H,1-8H2/b23-19+,24-20+. The summed E-state index contributed by atoms with van der Waals surface area (Å²) >= 11 is 0. The Morgan fingerprint density at radius 3 is 1.27 bits per heavy atom. The van der Waals surface area contributed by atoms with Crippen LogP contribution in [-0.2, 0) is 0 Å². The molecule has 2 aromatic carbocycles. The Kier molecular flexibility index (Phi) is 8.80. The molecule has 0 radical (unpaired) electrons. The summed E-state index contributed by atoms with van der Waals surface area (Å²) in [6, 6.07) is 8.33. The van der Waals surface area contributed by atoms with Crippen molar-refractivity contribution < 1.29 is 30.8 Å². The third-order valence-corrected chi connectivity index (χ3v) is 4.90. The number of benzene rings is 2. The van der Waals surface area contributed by atoms with E-state index in [1.807, 2.05) is 0 Å². The van der Waals surface area contributed by atoms with E-state index in [0.29, 0.717) is 35.4 Å². The predicted molar refractivity (Wildman–Crippen MR) is 113 cm³/mol. The van der Waals surface area contributed by atoms with Crippen molar-refractivity contribution in [3.05, 3.63) is 47.5 Å². The number of hydrogen-bond donors (Lipinski definition) is 6. The van der Waals surface area contributed by atoms with Crippen LogP contribution in [0, 0.1) is 0 Å². The molecule has 0 aliphatic heterocycles. The van der Waals surface area contributed by atoms with Gasteiger partial charge in [-0.2, -0.15) is 0 Å². The van der Waals surface area contributed by atoms with Crippen LogP contribution in [0.1, 0.15) is 62.5 Å². The van der Waals surface area contributed by atoms with Crippen LogP contribution in [0.2, 0.25) is 0 Å². The van der Waals surface area contributed by atoms with Crippen molar-refractivity contribution in [1.82, 2.24) is 0 Å². The molecule has 8 heteroatoms. The molecule has 0 unspecified atom stereocenters. The summed E-state index contributed by atoms with van der Waals surface area (Å²) in [7, 11) is 0. The van der Waals surface area contributed by atoms with Crippen molar-refractivity contribution >= 4 is 11.4 Å². The van der Waals surface area contributed by atoms with Crippen LogP contribution in [0.4, 0.5) is 0 Å². The molecule has 0 bridgehead atoms. The van der Waals surface area contributed by atoms with Gasteiger partial charge in [-0.25, -0.2) is 0 Å². The zero-order chi connectivity index (χ0) is 21.9. The molecule has 0 saturated carbocycles. The second-order valence-corrected chi connectivity index (χ2v) is 7.12. The SMILES string of the molecule is O/N=C(\CCCCCCCC/C(=N\O)c1ccc(O)cc1O)c1ccc(O)cc1O. The van der Waals surface area contributed by atoms with Gasteiger partial charge in [0.1, 0.15) is 23.0 Å². The maximum absolute atomic E-state index is 9.86. The summed E-state index contributed by atoms with van der Waals surface area (Å²) < 4.78 is 0. The second kappa shape index (κ2) is 11.5. The molecule has 8 nitrogen and oxygen atoms in total. The summed E-state index contributed by atoms with van der Waals surface area (Å²) in [6.45, 7) is 0. The lowest BCUT2D eigenvalue weighted by Crippen LogP contribution is -2.02. The van der Waals surface area contributed by atoms with Crippen molar-refractivity contribution in [3.63, 3.8) is 0 Å². The largest absolute Gasteiger partial charge is 0.508 e. The zero-order valence-electron chi connectivity index (χ0n) is 16.7. The molecule has 2 rings (SSSR count). The first kappa shape index (κ1) is 22.9. The summed E-state index contributed by atoms with van der Waals surface area (Å²) in [5, 5.41) is 63.3. The second-order valence-electron chi connectivity index (χ2n) is 7.12. The molecule has 0 atom stereocenters. The molecule has 0 aromatic heterocycles. The van der Waals surface area contributed by atoms with Crippen LogP contribution in [0.5, 0.6) is 23.0 Å². The van der Waals surface area contributed by atoms with Crippen molar-refractivity contribution in [2.45, 2.75) is 51.4 Å².